The maximum absolute atomic E-state index is 4.61. The van der Waals surface area contributed by atoms with Crippen LogP contribution in [0.4, 0.5) is 0 Å². The molecule has 0 aliphatic rings. The Labute approximate surface area is 131 Å². The van der Waals surface area contributed by atoms with E-state index in [-0.39, 0.29) is 0 Å². The van der Waals surface area contributed by atoms with E-state index in [0.29, 0.717) is 0 Å². The molecule has 0 amide bonds. The van der Waals surface area contributed by atoms with E-state index in [0.717, 1.165) is 6.42 Å². The zero-order chi connectivity index (χ0) is 17.2. The van der Waals surface area contributed by atoms with E-state index in [2.05, 4.69) is 44.7 Å². The first-order chi connectivity index (χ1) is 10.2. The molecule has 0 bridgehead atoms. The Morgan fingerprint density at radius 2 is 0.952 bits per heavy atom. The van der Waals surface area contributed by atoms with E-state index in [9.17, 15) is 0 Å². The van der Waals surface area contributed by atoms with Gasteiger partial charge in [0.1, 0.15) is 0 Å². The second-order valence-corrected chi connectivity index (χ2v) is 2.94. The van der Waals surface area contributed by atoms with E-state index in [1.54, 1.807) is 12.2 Å². The lowest BCUT2D eigenvalue weighted by Gasteiger charge is -1.69. The molecule has 1 rings (SSSR count). The minimum Gasteiger partial charge on any atom is -0.405 e. The first kappa shape index (κ1) is 27.1. The molecule has 2 nitrogen and oxygen atoms in total. The number of nitrogens with two attached hydrogens (primary N) is 2. The van der Waals surface area contributed by atoms with Gasteiger partial charge in [0.15, 0.2) is 0 Å². The third-order valence-electron chi connectivity index (χ3n) is 1.34. The number of hydrogen-bond donors (Lipinski definition) is 2. The van der Waals surface area contributed by atoms with Gasteiger partial charge in [-0.2, -0.15) is 0 Å². The van der Waals surface area contributed by atoms with Crippen molar-refractivity contribution in [2.45, 2.75) is 13.3 Å². The molecule has 1 aromatic rings. The summed E-state index contributed by atoms with van der Waals surface area (Å²) in [5, 5.41) is 0. The average molecular weight is 288 g/mol. The Bertz CT molecular complexity index is 277. The van der Waals surface area contributed by atoms with Crippen LogP contribution < -0.4 is 11.5 Å². The summed E-state index contributed by atoms with van der Waals surface area (Å²) in [5.41, 5.74) is 9.11. The Morgan fingerprint density at radius 1 is 0.762 bits per heavy atom. The third-order valence-corrected chi connectivity index (χ3v) is 1.34. The van der Waals surface area contributed by atoms with Gasteiger partial charge < -0.3 is 11.5 Å². The van der Waals surface area contributed by atoms with Crippen molar-refractivity contribution in [3.63, 3.8) is 0 Å². The lowest BCUT2D eigenvalue weighted by Crippen LogP contribution is -1.69. The highest BCUT2D eigenvalue weighted by molar-refractivity contribution is 5.05. The largest absolute Gasteiger partial charge is 0.405 e. The fourth-order valence-electron chi connectivity index (χ4n) is 0.542. The minimum absolute atomic E-state index is 1.08. The van der Waals surface area contributed by atoms with Crippen molar-refractivity contribution in [2.75, 3.05) is 7.05 Å². The first-order valence-electron chi connectivity index (χ1n) is 6.66. The van der Waals surface area contributed by atoms with Crippen LogP contribution in [0.5, 0.6) is 0 Å². The van der Waals surface area contributed by atoms with Crippen LogP contribution in [0, 0.1) is 0 Å². The van der Waals surface area contributed by atoms with Crippen molar-refractivity contribution >= 4 is 0 Å². The second kappa shape index (κ2) is 43.1. The molecule has 0 unspecified atom stereocenters. The van der Waals surface area contributed by atoms with Gasteiger partial charge in [-0.05, 0) is 19.7 Å². The monoisotopic (exact) mass is 288 g/mol. The molecule has 0 atom stereocenters. The Hall–Kier alpha value is -2.32. The fourth-order valence-corrected chi connectivity index (χ4v) is 0.542. The molecule has 0 spiro atoms. The van der Waals surface area contributed by atoms with Crippen LogP contribution in [0.25, 0.3) is 0 Å². The first-order valence-corrected chi connectivity index (χ1v) is 6.66. The molecule has 0 aliphatic heterocycles. The van der Waals surface area contributed by atoms with Crippen LogP contribution in [0.3, 0.4) is 0 Å². The summed E-state index contributed by atoms with van der Waals surface area (Å²) < 4.78 is 0. The summed E-state index contributed by atoms with van der Waals surface area (Å²) in [4.78, 5) is 0. The van der Waals surface area contributed by atoms with Gasteiger partial charge in [0.2, 0.25) is 0 Å². The second-order valence-electron chi connectivity index (χ2n) is 2.94. The van der Waals surface area contributed by atoms with Crippen molar-refractivity contribution in [3.8, 4) is 0 Å². The van der Waals surface area contributed by atoms with Crippen molar-refractivity contribution in [1.29, 1.82) is 0 Å². The minimum atomic E-state index is 1.08. The highest BCUT2D eigenvalue weighted by Crippen LogP contribution is 1.79. The van der Waals surface area contributed by atoms with E-state index in [1.165, 1.54) is 13.2 Å². The fraction of sp³-hybridized carbons (Fsp3) is 0.158. The van der Waals surface area contributed by atoms with E-state index < -0.39 is 0 Å². The van der Waals surface area contributed by atoms with Gasteiger partial charge in [-0.15, -0.1) is 6.58 Å². The van der Waals surface area contributed by atoms with Gasteiger partial charge in [-0.1, -0.05) is 93.4 Å². The number of rotatable bonds is 3. The number of allylic oxidation sites excluding steroid dienone is 5. The topological polar surface area (TPSA) is 52.0 Å². The molecule has 0 saturated heterocycles. The summed E-state index contributed by atoms with van der Waals surface area (Å²) >= 11 is 0. The molecule has 1 aromatic carbocycles. The molecule has 2 heteroatoms. The normalized spacial score (nSPS) is 6.81. The average Bonchev–Trinajstić information content (AvgIpc) is 2.58. The van der Waals surface area contributed by atoms with Crippen LogP contribution in [-0.2, 0) is 0 Å². The number of hydrogen-bond acceptors (Lipinski definition) is 2. The molecular formula is C19H32N2. The molecule has 4 N–H and O–H groups in total. The predicted octanol–water partition coefficient (Wildman–Crippen LogP) is 4.85. The van der Waals surface area contributed by atoms with Crippen molar-refractivity contribution in [1.82, 2.24) is 0 Å². The van der Waals surface area contributed by atoms with Gasteiger partial charge in [0.25, 0.3) is 0 Å². The van der Waals surface area contributed by atoms with E-state index >= 15 is 0 Å². The summed E-state index contributed by atoms with van der Waals surface area (Å²) in [6.07, 6.45) is 11.3. The van der Waals surface area contributed by atoms with Gasteiger partial charge in [-0.3, -0.25) is 0 Å². The van der Waals surface area contributed by atoms with Crippen molar-refractivity contribution in [3.05, 3.63) is 99.3 Å². The SMILES string of the molecule is C=C/C=C\C=C.C=CCC.C=CN.CN.c1ccccc1. The maximum Gasteiger partial charge on any atom is -0.0136 e. The summed E-state index contributed by atoms with van der Waals surface area (Å²) in [5.74, 6) is 0. The molecule has 0 aliphatic carbocycles. The summed E-state index contributed by atoms with van der Waals surface area (Å²) in [6, 6.07) is 12.0. The molecule has 118 valence electrons. The van der Waals surface area contributed by atoms with Crippen LogP contribution in [0.15, 0.2) is 99.3 Å². The molecule has 21 heavy (non-hydrogen) atoms. The molecule has 0 aromatic heterocycles. The molecule has 0 radical (unpaired) electrons. The Morgan fingerprint density at radius 3 is 1.05 bits per heavy atom. The summed E-state index contributed by atoms with van der Waals surface area (Å²) in [7, 11) is 1.50. The summed E-state index contributed by atoms with van der Waals surface area (Å²) in [6.45, 7) is 15.6. The highest BCUT2D eigenvalue weighted by Gasteiger charge is 1.57. The Kier molecular flexibility index (Phi) is 55.6. The lowest BCUT2D eigenvalue weighted by molar-refractivity contribution is 1.23. The molecule has 0 heterocycles. The van der Waals surface area contributed by atoms with Gasteiger partial charge in [0.05, 0.1) is 0 Å². The molecule has 0 saturated carbocycles. The van der Waals surface area contributed by atoms with E-state index in [1.807, 2.05) is 54.6 Å². The molecular weight excluding hydrogens is 256 g/mol. The van der Waals surface area contributed by atoms with E-state index in [4.69, 9.17) is 0 Å². The maximum atomic E-state index is 4.61. The van der Waals surface area contributed by atoms with Crippen LogP contribution in [0.2, 0.25) is 0 Å². The van der Waals surface area contributed by atoms with Crippen molar-refractivity contribution < 1.29 is 0 Å². The van der Waals surface area contributed by atoms with Gasteiger partial charge in [-0.25, -0.2) is 0 Å². The van der Waals surface area contributed by atoms with Crippen LogP contribution >= 0.6 is 0 Å². The van der Waals surface area contributed by atoms with Gasteiger partial charge in [0, 0.05) is 0 Å². The zero-order valence-corrected chi connectivity index (χ0v) is 13.6. The van der Waals surface area contributed by atoms with Gasteiger partial charge >= 0.3 is 0 Å². The lowest BCUT2D eigenvalue weighted by atomic mass is 10.4. The van der Waals surface area contributed by atoms with Crippen LogP contribution in [0.1, 0.15) is 13.3 Å². The third kappa shape index (κ3) is 73.7. The van der Waals surface area contributed by atoms with Crippen LogP contribution in [-0.4, -0.2) is 7.05 Å². The number of benzene rings is 1. The quantitative estimate of drug-likeness (QED) is 0.617. The smallest absolute Gasteiger partial charge is 0.0136 e. The predicted molar refractivity (Wildman–Crippen MR) is 101 cm³/mol. The highest BCUT2D eigenvalue weighted by atomic mass is 14.5. The standard InChI is InChI=1S/C6H6.C6H8.C4H8.C2H5N.CH5N/c1-2-4-6-5-3-1;1-3-5-6-4-2;1-3-4-2;1-2-3;1-2/h1-6H;3-6H,1-2H2;3H,1,4H2,2H3;2H,1,3H2;2H2,1H3/b;6-5-;;;. The van der Waals surface area contributed by atoms with Crippen molar-refractivity contribution in [2.24, 2.45) is 11.5 Å². The Balaban J connectivity index is -0.0000000913. The zero-order valence-electron chi connectivity index (χ0n) is 13.6. The molecule has 0 fully saturated rings.